The van der Waals surface area contributed by atoms with Gasteiger partial charge in [-0.05, 0) is 43.9 Å². The average molecular weight is 409 g/mol. The second kappa shape index (κ2) is 8.30. The molecule has 156 valence electrons. The fourth-order valence-corrected chi connectivity index (χ4v) is 3.57. The highest BCUT2D eigenvalue weighted by Gasteiger charge is 2.33. The summed E-state index contributed by atoms with van der Waals surface area (Å²) in [5.41, 5.74) is 4.11. The van der Waals surface area contributed by atoms with Gasteiger partial charge in [0.1, 0.15) is 11.4 Å². The first-order valence-electron chi connectivity index (χ1n) is 10.1. The summed E-state index contributed by atoms with van der Waals surface area (Å²) in [6.07, 6.45) is 3.36. The summed E-state index contributed by atoms with van der Waals surface area (Å²) in [5, 5.41) is 0.875. The number of furan rings is 1. The second-order valence-corrected chi connectivity index (χ2v) is 7.83. The van der Waals surface area contributed by atoms with Crippen molar-refractivity contribution < 1.29 is 23.1 Å². The van der Waals surface area contributed by atoms with Crippen molar-refractivity contribution in [3.63, 3.8) is 0 Å². The third-order valence-electron chi connectivity index (χ3n) is 5.64. The van der Waals surface area contributed by atoms with Gasteiger partial charge in [0, 0.05) is 29.1 Å². The van der Waals surface area contributed by atoms with Gasteiger partial charge in [-0.25, -0.2) is 4.39 Å². The van der Waals surface area contributed by atoms with Crippen LogP contribution in [0.5, 0.6) is 0 Å². The number of nitrogens with zero attached hydrogens (tertiary/aromatic N) is 1. The highest BCUT2D eigenvalue weighted by atomic mass is 19.1. The van der Waals surface area contributed by atoms with Gasteiger partial charge in [0.25, 0.3) is 5.91 Å². The maximum Gasteiger partial charge on any atom is 0.310 e. The Morgan fingerprint density at radius 2 is 1.90 bits per heavy atom. The van der Waals surface area contributed by atoms with Gasteiger partial charge in [0.15, 0.2) is 6.61 Å². The van der Waals surface area contributed by atoms with Gasteiger partial charge in [0.05, 0.1) is 12.7 Å². The zero-order valence-corrected chi connectivity index (χ0v) is 17.1. The van der Waals surface area contributed by atoms with Crippen molar-refractivity contribution in [2.24, 2.45) is 0 Å². The minimum absolute atomic E-state index is 0.0273. The molecule has 0 saturated heterocycles. The van der Waals surface area contributed by atoms with E-state index in [9.17, 15) is 14.0 Å². The molecule has 4 rings (SSSR count). The molecule has 1 aliphatic rings. The molecule has 0 spiro atoms. The predicted octanol–water partition coefficient (Wildman–Crippen LogP) is 4.47. The van der Waals surface area contributed by atoms with Crippen LogP contribution in [0.3, 0.4) is 0 Å². The van der Waals surface area contributed by atoms with Gasteiger partial charge in [-0.3, -0.25) is 9.59 Å². The van der Waals surface area contributed by atoms with Gasteiger partial charge in [-0.1, -0.05) is 30.3 Å². The Hall–Kier alpha value is -3.15. The second-order valence-electron chi connectivity index (χ2n) is 7.83. The molecule has 1 aromatic heterocycles. The molecule has 1 amide bonds. The first kappa shape index (κ1) is 20.1. The highest BCUT2D eigenvalue weighted by Crippen LogP contribution is 2.29. The average Bonchev–Trinajstić information content (AvgIpc) is 3.49. The van der Waals surface area contributed by atoms with Crippen LogP contribution in [0.2, 0.25) is 0 Å². The van der Waals surface area contributed by atoms with Crippen LogP contribution in [-0.2, 0) is 27.3 Å². The van der Waals surface area contributed by atoms with Crippen molar-refractivity contribution in [1.29, 1.82) is 0 Å². The lowest BCUT2D eigenvalue weighted by molar-refractivity contribution is -0.152. The highest BCUT2D eigenvalue weighted by molar-refractivity contribution is 5.89. The topological polar surface area (TPSA) is 59.8 Å². The van der Waals surface area contributed by atoms with Crippen LogP contribution in [0.25, 0.3) is 11.0 Å². The lowest BCUT2D eigenvalue weighted by Crippen LogP contribution is -2.36. The van der Waals surface area contributed by atoms with Crippen LogP contribution in [-0.4, -0.2) is 29.4 Å². The molecule has 5 nitrogen and oxygen atoms in total. The summed E-state index contributed by atoms with van der Waals surface area (Å²) in [5.74, 6) is -1.14. The molecule has 0 atom stereocenters. The van der Waals surface area contributed by atoms with E-state index in [0.717, 1.165) is 40.5 Å². The SMILES string of the molecule is Cc1ccc2c(CC(=O)OCC(=O)N(Cc3ccccc3F)C3CC3)coc2c1C. The fraction of sp³-hybridized carbons (Fsp3) is 0.333. The molecule has 0 aliphatic heterocycles. The molecule has 0 radical (unpaired) electrons. The third-order valence-corrected chi connectivity index (χ3v) is 5.64. The molecule has 30 heavy (non-hydrogen) atoms. The number of carbonyl (C=O) groups excluding carboxylic acids is 2. The number of hydrogen-bond acceptors (Lipinski definition) is 4. The van der Waals surface area contributed by atoms with E-state index in [1.165, 1.54) is 6.07 Å². The number of esters is 1. The standard InChI is InChI=1S/C24H24FNO4/c1-15-7-10-20-18(13-30-24(20)16(15)2)11-23(28)29-14-22(27)26(19-8-9-19)12-17-5-3-4-6-21(17)25/h3-7,10,13,19H,8-9,11-12,14H2,1-2H3. The fourth-order valence-electron chi connectivity index (χ4n) is 3.57. The lowest BCUT2D eigenvalue weighted by atomic mass is 10.0. The Morgan fingerprint density at radius 1 is 1.13 bits per heavy atom. The van der Waals surface area contributed by atoms with Crippen LogP contribution in [0.1, 0.15) is 35.1 Å². The van der Waals surface area contributed by atoms with Crippen LogP contribution in [0.15, 0.2) is 47.1 Å². The van der Waals surface area contributed by atoms with Gasteiger partial charge in [0.2, 0.25) is 0 Å². The molecule has 3 aromatic rings. The number of benzene rings is 2. The van der Waals surface area contributed by atoms with Gasteiger partial charge in [-0.15, -0.1) is 0 Å². The van der Waals surface area contributed by atoms with Crippen LogP contribution >= 0.6 is 0 Å². The Bertz CT molecular complexity index is 1100. The molecule has 1 heterocycles. The molecule has 1 fully saturated rings. The summed E-state index contributed by atoms with van der Waals surface area (Å²) >= 11 is 0. The quantitative estimate of drug-likeness (QED) is 0.541. The van der Waals surface area contributed by atoms with E-state index in [2.05, 4.69) is 0 Å². The van der Waals surface area contributed by atoms with Crippen LogP contribution in [0, 0.1) is 19.7 Å². The van der Waals surface area contributed by atoms with Crippen LogP contribution < -0.4 is 0 Å². The van der Waals surface area contributed by atoms with Crippen molar-refractivity contribution in [3.8, 4) is 0 Å². The van der Waals surface area contributed by atoms with Crippen LogP contribution in [0.4, 0.5) is 4.39 Å². The third kappa shape index (κ3) is 4.22. The molecule has 1 aliphatic carbocycles. The van der Waals surface area contributed by atoms with E-state index in [-0.39, 0.29) is 37.3 Å². The molecular weight excluding hydrogens is 385 g/mol. The Morgan fingerprint density at radius 3 is 2.63 bits per heavy atom. The van der Waals surface area contributed by atoms with E-state index >= 15 is 0 Å². The van der Waals surface area contributed by atoms with Crippen molar-refractivity contribution >= 4 is 22.8 Å². The van der Waals surface area contributed by atoms with E-state index in [1.807, 2.05) is 26.0 Å². The molecule has 6 heteroatoms. The maximum absolute atomic E-state index is 14.0. The number of ether oxygens (including phenoxy) is 1. The summed E-state index contributed by atoms with van der Waals surface area (Å²) in [7, 11) is 0. The van der Waals surface area contributed by atoms with Gasteiger partial charge >= 0.3 is 5.97 Å². The van der Waals surface area contributed by atoms with E-state index < -0.39 is 5.97 Å². The van der Waals surface area contributed by atoms with E-state index in [1.54, 1.807) is 29.4 Å². The van der Waals surface area contributed by atoms with Crippen molar-refractivity contribution in [2.75, 3.05) is 6.61 Å². The van der Waals surface area contributed by atoms with Crippen molar-refractivity contribution in [3.05, 3.63) is 70.7 Å². The zero-order valence-electron chi connectivity index (χ0n) is 17.1. The van der Waals surface area contributed by atoms with Crippen molar-refractivity contribution in [1.82, 2.24) is 4.90 Å². The first-order valence-corrected chi connectivity index (χ1v) is 10.1. The number of rotatable bonds is 7. The number of fused-ring (bicyclic) bond motifs is 1. The lowest BCUT2D eigenvalue weighted by Gasteiger charge is -2.22. The Kier molecular flexibility index (Phi) is 5.57. The van der Waals surface area contributed by atoms with Gasteiger partial charge < -0.3 is 14.1 Å². The van der Waals surface area contributed by atoms with Gasteiger partial charge in [-0.2, -0.15) is 0 Å². The number of carbonyl (C=O) groups is 2. The molecule has 1 saturated carbocycles. The Labute approximate surface area is 174 Å². The molecular formula is C24H24FNO4. The smallest absolute Gasteiger partial charge is 0.310 e. The molecule has 0 bridgehead atoms. The number of hydrogen-bond donors (Lipinski definition) is 0. The summed E-state index contributed by atoms with van der Waals surface area (Å²) < 4.78 is 24.8. The van der Waals surface area contributed by atoms with E-state index in [0.29, 0.717) is 5.56 Å². The number of aryl methyl sites for hydroxylation is 2. The summed E-state index contributed by atoms with van der Waals surface area (Å²) in [6.45, 7) is 3.81. The monoisotopic (exact) mass is 409 g/mol. The summed E-state index contributed by atoms with van der Waals surface area (Å²) in [6, 6.07) is 10.4. The summed E-state index contributed by atoms with van der Waals surface area (Å²) in [4.78, 5) is 26.6. The minimum Gasteiger partial charge on any atom is -0.464 e. The largest absolute Gasteiger partial charge is 0.464 e. The molecule has 2 aromatic carbocycles. The maximum atomic E-state index is 14.0. The minimum atomic E-state index is -0.495. The molecule has 0 N–H and O–H groups in total. The zero-order chi connectivity index (χ0) is 21.3. The van der Waals surface area contributed by atoms with E-state index in [4.69, 9.17) is 9.15 Å². The van der Waals surface area contributed by atoms with Crippen molar-refractivity contribution in [2.45, 2.75) is 45.7 Å². The first-order chi connectivity index (χ1) is 14.4. The predicted molar refractivity (Wildman–Crippen MR) is 110 cm³/mol. The Balaban J connectivity index is 1.37. The number of halogens is 1. The normalized spacial score (nSPS) is 13.4. The number of amides is 1. The molecule has 0 unspecified atom stereocenters.